The van der Waals surface area contributed by atoms with Crippen molar-refractivity contribution in [3.8, 4) is 0 Å². The molecule has 1 aliphatic rings. The van der Waals surface area contributed by atoms with Crippen molar-refractivity contribution in [1.29, 1.82) is 0 Å². The highest BCUT2D eigenvalue weighted by atomic mass is 16.3. The average molecular weight is 229 g/mol. The van der Waals surface area contributed by atoms with Gasteiger partial charge >= 0.3 is 0 Å². The van der Waals surface area contributed by atoms with Gasteiger partial charge in [0, 0.05) is 20.0 Å². The van der Waals surface area contributed by atoms with Crippen LogP contribution in [0.15, 0.2) is 0 Å². The van der Waals surface area contributed by atoms with Gasteiger partial charge in [0.25, 0.3) is 0 Å². The van der Waals surface area contributed by atoms with Crippen LogP contribution in [0.5, 0.6) is 0 Å². The van der Waals surface area contributed by atoms with Crippen LogP contribution >= 0.6 is 0 Å². The molecule has 0 aromatic heterocycles. The summed E-state index contributed by atoms with van der Waals surface area (Å²) in [7, 11) is 1.68. The lowest BCUT2D eigenvalue weighted by atomic mass is 9.87. The second-order valence-corrected chi connectivity index (χ2v) is 4.82. The molecule has 2 N–H and O–H groups in total. The summed E-state index contributed by atoms with van der Waals surface area (Å²) in [5, 5.41) is 17.9. The van der Waals surface area contributed by atoms with Gasteiger partial charge < -0.3 is 15.1 Å². The first-order valence-electron chi connectivity index (χ1n) is 6.16. The largest absolute Gasteiger partial charge is 0.394 e. The number of nitrogens with zero attached hydrogens (tertiary/aromatic N) is 1. The Hall–Kier alpha value is -0.610. The third-order valence-corrected chi connectivity index (χ3v) is 3.31. The second kappa shape index (κ2) is 6.86. The van der Waals surface area contributed by atoms with Gasteiger partial charge in [0.05, 0.1) is 12.7 Å². The third kappa shape index (κ3) is 4.49. The fourth-order valence-electron chi connectivity index (χ4n) is 2.27. The van der Waals surface area contributed by atoms with Crippen LogP contribution in [-0.2, 0) is 4.79 Å². The molecule has 4 heteroatoms. The van der Waals surface area contributed by atoms with Crippen LogP contribution in [-0.4, -0.2) is 47.3 Å². The molecule has 1 amide bonds. The molecule has 0 saturated heterocycles. The number of carbonyl (C=O) groups excluding carboxylic acids is 1. The summed E-state index contributed by atoms with van der Waals surface area (Å²) in [4.78, 5) is 13.3. The highest BCUT2D eigenvalue weighted by Gasteiger charge is 2.20. The number of hydrogen-bond acceptors (Lipinski definition) is 3. The monoisotopic (exact) mass is 229 g/mol. The van der Waals surface area contributed by atoms with Crippen molar-refractivity contribution in [1.82, 2.24) is 4.90 Å². The minimum atomic E-state index is -0.819. The zero-order valence-electron chi connectivity index (χ0n) is 10.1. The first-order chi connectivity index (χ1) is 7.63. The van der Waals surface area contributed by atoms with Crippen molar-refractivity contribution in [2.75, 3.05) is 20.2 Å². The number of aliphatic hydroxyl groups excluding tert-OH is 2. The molecule has 4 nitrogen and oxygen atoms in total. The first-order valence-corrected chi connectivity index (χ1v) is 6.16. The van der Waals surface area contributed by atoms with E-state index >= 15 is 0 Å². The predicted octanol–water partition coefficient (Wildman–Crippen LogP) is 0.768. The predicted molar refractivity (Wildman–Crippen MR) is 61.9 cm³/mol. The second-order valence-electron chi connectivity index (χ2n) is 4.82. The van der Waals surface area contributed by atoms with Crippen molar-refractivity contribution in [2.45, 2.75) is 44.6 Å². The molecule has 1 rings (SSSR count). The quantitative estimate of drug-likeness (QED) is 0.732. The Kier molecular flexibility index (Phi) is 5.77. The van der Waals surface area contributed by atoms with Crippen LogP contribution in [0.2, 0.25) is 0 Å². The number of likely N-dealkylation sites (N-methyl/N-ethyl adjacent to an activating group) is 1. The lowest BCUT2D eigenvalue weighted by molar-refractivity contribution is -0.132. The Morgan fingerprint density at radius 3 is 2.56 bits per heavy atom. The van der Waals surface area contributed by atoms with Gasteiger partial charge in [-0.05, 0) is 18.8 Å². The standard InChI is InChI=1S/C12H23NO3/c1-13(8-11(15)9-14)12(16)7-10-5-3-2-4-6-10/h10-11,14-15H,2-9H2,1H3. The van der Waals surface area contributed by atoms with Gasteiger partial charge in [-0.25, -0.2) is 0 Å². The molecule has 1 atom stereocenters. The molecule has 1 unspecified atom stereocenters. The van der Waals surface area contributed by atoms with Gasteiger partial charge in [-0.3, -0.25) is 4.79 Å². The van der Waals surface area contributed by atoms with Crippen LogP contribution in [0.1, 0.15) is 38.5 Å². The number of hydrogen-bond donors (Lipinski definition) is 2. The van der Waals surface area contributed by atoms with Crippen molar-refractivity contribution < 1.29 is 15.0 Å². The molecule has 16 heavy (non-hydrogen) atoms. The van der Waals surface area contributed by atoms with E-state index in [0.717, 1.165) is 12.8 Å². The first kappa shape index (κ1) is 13.5. The van der Waals surface area contributed by atoms with E-state index in [1.165, 1.54) is 24.2 Å². The van der Waals surface area contributed by atoms with Crippen LogP contribution in [0.25, 0.3) is 0 Å². The molecule has 0 bridgehead atoms. The molecule has 0 aromatic carbocycles. The van der Waals surface area contributed by atoms with E-state index in [1.54, 1.807) is 7.05 Å². The minimum absolute atomic E-state index is 0.0828. The highest BCUT2D eigenvalue weighted by molar-refractivity contribution is 5.76. The summed E-state index contributed by atoms with van der Waals surface area (Å²) >= 11 is 0. The summed E-state index contributed by atoms with van der Waals surface area (Å²) in [6.45, 7) is -0.0664. The number of rotatable bonds is 5. The zero-order valence-corrected chi connectivity index (χ0v) is 10.1. The van der Waals surface area contributed by atoms with E-state index in [0.29, 0.717) is 12.3 Å². The molecular weight excluding hydrogens is 206 g/mol. The molecule has 0 heterocycles. The van der Waals surface area contributed by atoms with Gasteiger partial charge in [0.15, 0.2) is 0 Å². The molecular formula is C12H23NO3. The van der Waals surface area contributed by atoms with Crippen molar-refractivity contribution in [3.63, 3.8) is 0 Å². The normalized spacial score (nSPS) is 19.4. The Morgan fingerprint density at radius 1 is 1.38 bits per heavy atom. The zero-order chi connectivity index (χ0) is 12.0. The summed E-state index contributed by atoms with van der Waals surface area (Å²) in [5.74, 6) is 0.606. The minimum Gasteiger partial charge on any atom is -0.394 e. The van der Waals surface area contributed by atoms with Gasteiger partial charge in [-0.15, -0.1) is 0 Å². The van der Waals surface area contributed by atoms with E-state index in [4.69, 9.17) is 5.11 Å². The number of aliphatic hydroxyl groups is 2. The van der Waals surface area contributed by atoms with Crippen LogP contribution < -0.4 is 0 Å². The maximum Gasteiger partial charge on any atom is 0.222 e. The molecule has 1 aliphatic carbocycles. The summed E-state index contributed by atoms with van der Waals surface area (Å²) in [6, 6.07) is 0. The SMILES string of the molecule is CN(CC(O)CO)C(=O)CC1CCCCC1. The van der Waals surface area contributed by atoms with E-state index in [2.05, 4.69) is 0 Å². The van der Waals surface area contributed by atoms with Gasteiger partial charge in [0.2, 0.25) is 5.91 Å². The van der Waals surface area contributed by atoms with Crippen LogP contribution in [0.4, 0.5) is 0 Å². The summed E-state index contributed by atoms with van der Waals surface area (Å²) in [6.07, 6.45) is 5.85. The van der Waals surface area contributed by atoms with Crippen LogP contribution in [0, 0.1) is 5.92 Å². The third-order valence-electron chi connectivity index (χ3n) is 3.31. The number of amides is 1. The smallest absolute Gasteiger partial charge is 0.222 e. The summed E-state index contributed by atoms with van der Waals surface area (Å²) < 4.78 is 0. The Balaban J connectivity index is 2.27. The fraction of sp³-hybridized carbons (Fsp3) is 0.917. The molecule has 1 saturated carbocycles. The Bertz CT molecular complexity index is 214. The molecule has 0 aromatic rings. The van der Waals surface area contributed by atoms with Crippen LogP contribution in [0.3, 0.4) is 0 Å². The Labute approximate surface area is 97.3 Å². The van der Waals surface area contributed by atoms with E-state index in [1.807, 2.05) is 0 Å². The van der Waals surface area contributed by atoms with Gasteiger partial charge in [-0.2, -0.15) is 0 Å². The van der Waals surface area contributed by atoms with Crippen molar-refractivity contribution in [3.05, 3.63) is 0 Å². The van der Waals surface area contributed by atoms with Gasteiger partial charge in [-0.1, -0.05) is 19.3 Å². The van der Waals surface area contributed by atoms with Crippen molar-refractivity contribution in [2.24, 2.45) is 5.92 Å². The van der Waals surface area contributed by atoms with E-state index in [9.17, 15) is 9.90 Å². The summed E-state index contributed by atoms with van der Waals surface area (Å²) in [5.41, 5.74) is 0. The lowest BCUT2D eigenvalue weighted by Crippen LogP contribution is -2.36. The molecule has 0 radical (unpaired) electrons. The van der Waals surface area contributed by atoms with E-state index < -0.39 is 6.10 Å². The van der Waals surface area contributed by atoms with Crippen molar-refractivity contribution >= 4 is 5.91 Å². The topological polar surface area (TPSA) is 60.8 Å². The maximum absolute atomic E-state index is 11.8. The van der Waals surface area contributed by atoms with Gasteiger partial charge in [0.1, 0.15) is 0 Å². The maximum atomic E-state index is 11.8. The molecule has 0 aliphatic heterocycles. The van der Waals surface area contributed by atoms with E-state index in [-0.39, 0.29) is 19.1 Å². The molecule has 94 valence electrons. The Morgan fingerprint density at radius 2 is 2.00 bits per heavy atom. The number of carbonyl (C=O) groups is 1. The molecule has 1 fully saturated rings. The average Bonchev–Trinajstić information content (AvgIpc) is 2.30. The lowest BCUT2D eigenvalue weighted by Gasteiger charge is -2.25. The fourth-order valence-corrected chi connectivity index (χ4v) is 2.27. The molecule has 0 spiro atoms. The highest BCUT2D eigenvalue weighted by Crippen LogP contribution is 2.26.